The van der Waals surface area contributed by atoms with Crippen LogP contribution in [0.4, 0.5) is 17.1 Å². The van der Waals surface area contributed by atoms with Crippen molar-refractivity contribution in [2.75, 3.05) is 43.6 Å². The number of hydrogen-bond donors (Lipinski definition) is 1. The van der Waals surface area contributed by atoms with Crippen LogP contribution in [0.25, 0.3) is 0 Å². The topological polar surface area (TPSA) is 93.9 Å². The molecule has 1 fully saturated rings. The summed E-state index contributed by atoms with van der Waals surface area (Å²) in [5.74, 6) is -0.128. The number of nitro benzene ring substituents is 1. The number of rotatable bonds is 4. The van der Waals surface area contributed by atoms with Gasteiger partial charge in [0.1, 0.15) is 0 Å². The van der Waals surface area contributed by atoms with Gasteiger partial charge in [-0.2, -0.15) is 0 Å². The second-order valence-corrected chi connectivity index (χ2v) is 4.58. The molecule has 1 aromatic rings. The number of nitro groups is 1. The number of hydrogen-bond acceptors (Lipinski definition) is 6. The normalized spacial score (nSPS) is 14.7. The van der Waals surface area contributed by atoms with E-state index < -0.39 is 10.8 Å². The van der Waals surface area contributed by atoms with Gasteiger partial charge in [-0.3, -0.25) is 14.9 Å². The molecule has 114 valence electrons. The average Bonchev–Trinajstić information content (AvgIpc) is 2.47. The van der Waals surface area contributed by atoms with Gasteiger partial charge in [0.15, 0.2) is 11.4 Å². The molecule has 0 atom stereocenters. The lowest BCUT2D eigenvalue weighted by Gasteiger charge is -2.29. The van der Waals surface area contributed by atoms with Crippen molar-refractivity contribution in [1.82, 2.24) is 0 Å². The monoisotopic (exact) mass is 295 g/mol. The van der Waals surface area contributed by atoms with Crippen molar-refractivity contribution in [3.63, 3.8) is 0 Å². The van der Waals surface area contributed by atoms with Gasteiger partial charge in [0.2, 0.25) is 5.91 Å². The standard InChI is InChI=1S/C13H17N3O5/c1-9(17)14-13-11(16(18)19)7-10(8-12(13)20-2)15-3-5-21-6-4-15/h7-8H,3-6H2,1-2H3,(H,14,17). The van der Waals surface area contributed by atoms with Gasteiger partial charge in [-0.1, -0.05) is 0 Å². The zero-order valence-electron chi connectivity index (χ0n) is 11.9. The van der Waals surface area contributed by atoms with Crippen LogP contribution in [0, 0.1) is 10.1 Å². The quantitative estimate of drug-likeness (QED) is 0.666. The van der Waals surface area contributed by atoms with Crippen LogP contribution in [0.15, 0.2) is 12.1 Å². The number of nitrogens with zero attached hydrogens (tertiary/aromatic N) is 2. The van der Waals surface area contributed by atoms with E-state index in [0.717, 1.165) is 0 Å². The van der Waals surface area contributed by atoms with Gasteiger partial charge in [0.25, 0.3) is 5.69 Å². The molecule has 0 spiro atoms. The van der Waals surface area contributed by atoms with Crippen LogP contribution in [-0.4, -0.2) is 44.2 Å². The van der Waals surface area contributed by atoms with Gasteiger partial charge in [0.05, 0.1) is 25.2 Å². The maximum atomic E-state index is 11.3. The first-order valence-electron chi connectivity index (χ1n) is 6.49. The predicted molar refractivity (Wildman–Crippen MR) is 77.0 cm³/mol. The Hall–Kier alpha value is -2.35. The van der Waals surface area contributed by atoms with Gasteiger partial charge >= 0.3 is 0 Å². The molecule has 1 aliphatic heterocycles. The number of methoxy groups -OCH3 is 1. The van der Waals surface area contributed by atoms with Crippen molar-refractivity contribution < 1.29 is 19.2 Å². The molecule has 0 saturated carbocycles. The van der Waals surface area contributed by atoms with Crippen LogP contribution in [0.1, 0.15) is 6.92 Å². The largest absolute Gasteiger partial charge is 0.494 e. The molecule has 8 heteroatoms. The highest BCUT2D eigenvalue weighted by molar-refractivity contribution is 5.94. The molecule has 0 unspecified atom stereocenters. The Bertz CT molecular complexity index is 555. The average molecular weight is 295 g/mol. The van der Waals surface area contributed by atoms with E-state index in [1.165, 1.54) is 20.1 Å². The fourth-order valence-electron chi connectivity index (χ4n) is 2.20. The van der Waals surface area contributed by atoms with Crippen molar-refractivity contribution in [1.29, 1.82) is 0 Å². The van der Waals surface area contributed by atoms with Gasteiger partial charge in [-0.25, -0.2) is 0 Å². The predicted octanol–water partition coefficient (Wildman–Crippen LogP) is 1.40. The summed E-state index contributed by atoms with van der Waals surface area (Å²) in [7, 11) is 1.41. The van der Waals surface area contributed by atoms with Crippen molar-refractivity contribution in [3.8, 4) is 5.75 Å². The minimum absolute atomic E-state index is 0.0759. The molecule has 21 heavy (non-hydrogen) atoms. The molecule has 1 N–H and O–H groups in total. The Morgan fingerprint density at radius 3 is 2.62 bits per heavy atom. The fraction of sp³-hybridized carbons (Fsp3) is 0.462. The smallest absolute Gasteiger partial charge is 0.298 e. The first kappa shape index (κ1) is 15.0. The zero-order valence-corrected chi connectivity index (χ0v) is 11.9. The summed E-state index contributed by atoms with van der Waals surface area (Å²) in [5.41, 5.74) is 0.564. The lowest BCUT2D eigenvalue weighted by Crippen LogP contribution is -2.36. The summed E-state index contributed by atoms with van der Waals surface area (Å²) >= 11 is 0. The zero-order chi connectivity index (χ0) is 15.4. The van der Waals surface area contributed by atoms with Gasteiger partial charge in [0, 0.05) is 37.8 Å². The maximum absolute atomic E-state index is 11.3. The summed E-state index contributed by atoms with van der Waals surface area (Å²) in [4.78, 5) is 23.9. The molecule has 1 amide bonds. The molecule has 8 nitrogen and oxygen atoms in total. The third kappa shape index (κ3) is 3.40. The molecule has 1 saturated heterocycles. The molecule has 0 bridgehead atoms. The summed E-state index contributed by atoms with van der Waals surface area (Å²) in [5, 5.41) is 13.7. The molecular weight excluding hydrogens is 278 g/mol. The molecule has 1 aromatic carbocycles. The van der Waals surface area contributed by atoms with Gasteiger partial charge in [-0.15, -0.1) is 0 Å². The molecular formula is C13H17N3O5. The van der Waals surface area contributed by atoms with E-state index >= 15 is 0 Å². The Kier molecular flexibility index (Phi) is 4.59. The fourth-order valence-corrected chi connectivity index (χ4v) is 2.20. The number of amides is 1. The van der Waals surface area contributed by atoms with E-state index in [2.05, 4.69) is 5.32 Å². The number of carbonyl (C=O) groups is 1. The Balaban J connectivity index is 2.46. The first-order valence-corrected chi connectivity index (χ1v) is 6.49. The van der Waals surface area contributed by atoms with Crippen LogP contribution in [0.2, 0.25) is 0 Å². The van der Waals surface area contributed by atoms with E-state index in [1.54, 1.807) is 6.07 Å². The number of nitrogens with one attached hydrogen (secondary N) is 1. The van der Waals surface area contributed by atoms with E-state index in [1.807, 2.05) is 4.90 Å². The van der Waals surface area contributed by atoms with Crippen LogP contribution in [0.3, 0.4) is 0 Å². The molecule has 1 heterocycles. The molecule has 0 radical (unpaired) electrons. The van der Waals surface area contributed by atoms with Crippen molar-refractivity contribution in [3.05, 3.63) is 22.2 Å². The summed E-state index contributed by atoms with van der Waals surface area (Å²) < 4.78 is 10.5. The molecule has 2 rings (SSSR count). The van der Waals surface area contributed by atoms with Crippen molar-refractivity contribution in [2.45, 2.75) is 6.92 Å². The highest BCUT2D eigenvalue weighted by Gasteiger charge is 2.24. The third-order valence-electron chi connectivity index (χ3n) is 3.16. The van der Waals surface area contributed by atoms with Crippen LogP contribution >= 0.6 is 0 Å². The highest BCUT2D eigenvalue weighted by Crippen LogP contribution is 2.39. The Morgan fingerprint density at radius 1 is 1.43 bits per heavy atom. The highest BCUT2D eigenvalue weighted by atomic mass is 16.6. The van der Waals surface area contributed by atoms with E-state index in [4.69, 9.17) is 9.47 Å². The number of carbonyl (C=O) groups excluding carboxylic acids is 1. The maximum Gasteiger partial charge on any atom is 0.298 e. The molecule has 0 aliphatic carbocycles. The van der Waals surface area contributed by atoms with Crippen LogP contribution in [0.5, 0.6) is 5.75 Å². The SMILES string of the molecule is COc1cc(N2CCOCC2)cc([N+](=O)[O-])c1NC(C)=O. The van der Waals surface area contributed by atoms with Crippen molar-refractivity contribution in [2.24, 2.45) is 0 Å². The van der Waals surface area contributed by atoms with Crippen molar-refractivity contribution >= 4 is 23.0 Å². The van der Waals surface area contributed by atoms with E-state index in [-0.39, 0.29) is 17.1 Å². The summed E-state index contributed by atoms with van der Waals surface area (Å²) in [6.45, 7) is 3.74. The third-order valence-corrected chi connectivity index (χ3v) is 3.16. The minimum Gasteiger partial charge on any atom is -0.494 e. The van der Waals surface area contributed by atoms with Crippen LogP contribution < -0.4 is 15.0 Å². The first-order chi connectivity index (χ1) is 10.0. The van der Waals surface area contributed by atoms with Crippen LogP contribution in [-0.2, 0) is 9.53 Å². The minimum atomic E-state index is -0.530. The number of benzene rings is 1. The molecule has 0 aromatic heterocycles. The van der Waals surface area contributed by atoms with E-state index in [9.17, 15) is 14.9 Å². The lowest BCUT2D eigenvalue weighted by atomic mass is 10.2. The number of ether oxygens (including phenoxy) is 2. The number of morpholine rings is 1. The Labute approximate surface area is 121 Å². The molecule has 1 aliphatic rings. The van der Waals surface area contributed by atoms with Gasteiger partial charge in [-0.05, 0) is 0 Å². The summed E-state index contributed by atoms with van der Waals surface area (Å²) in [6, 6.07) is 3.13. The second kappa shape index (κ2) is 6.40. The number of anilines is 2. The van der Waals surface area contributed by atoms with Gasteiger partial charge < -0.3 is 19.7 Å². The lowest BCUT2D eigenvalue weighted by molar-refractivity contribution is -0.383. The van der Waals surface area contributed by atoms with E-state index in [0.29, 0.717) is 32.0 Å². The second-order valence-electron chi connectivity index (χ2n) is 4.58. The Morgan fingerprint density at radius 2 is 2.10 bits per heavy atom. The summed E-state index contributed by atoms with van der Waals surface area (Å²) in [6.07, 6.45) is 0.